The second-order valence-electron chi connectivity index (χ2n) is 4.99. The van der Waals surface area contributed by atoms with Gasteiger partial charge in [-0.25, -0.2) is 4.79 Å². The zero-order chi connectivity index (χ0) is 17.8. The Labute approximate surface area is 141 Å². The van der Waals surface area contributed by atoms with E-state index in [1.165, 1.54) is 24.3 Å². The van der Waals surface area contributed by atoms with Crippen LogP contribution in [-0.2, 0) is 0 Å². The Morgan fingerprint density at radius 1 is 1.24 bits per heavy atom. The van der Waals surface area contributed by atoms with Crippen LogP contribution in [0.3, 0.4) is 0 Å². The van der Waals surface area contributed by atoms with Gasteiger partial charge in [-0.2, -0.15) is 4.98 Å². The van der Waals surface area contributed by atoms with Gasteiger partial charge in [0.1, 0.15) is 5.75 Å². The number of hydrogen-bond donors (Lipinski definition) is 1. The lowest BCUT2D eigenvalue weighted by Gasteiger charge is -2.07. The topological polar surface area (TPSA) is 120 Å². The summed E-state index contributed by atoms with van der Waals surface area (Å²) in [7, 11) is 0. The predicted octanol–water partition coefficient (Wildman–Crippen LogP) is 3.56. The van der Waals surface area contributed by atoms with Crippen molar-refractivity contribution >= 4 is 17.5 Å². The molecule has 3 aromatic rings. The van der Waals surface area contributed by atoms with Crippen molar-refractivity contribution in [2.75, 3.05) is 5.32 Å². The normalized spacial score (nSPS) is 10.3. The Hall–Kier alpha value is -3.75. The molecule has 9 heteroatoms. The summed E-state index contributed by atoms with van der Waals surface area (Å²) in [4.78, 5) is 26.1. The molecule has 0 aliphatic rings. The lowest BCUT2D eigenvalue weighted by Crippen LogP contribution is -2.16. The number of aromatic nitrogens is 2. The van der Waals surface area contributed by atoms with E-state index in [1.807, 2.05) is 0 Å². The number of hydrogen-bond acceptors (Lipinski definition) is 7. The zero-order valence-corrected chi connectivity index (χ0v) is 13.0. The first kappa shape index (κ1) is 16.1. The highest BCUT2D eigenvalue weighted by Crippen LogP contribution is 2.22. The first-order valence-electron chi connectivity index (χ1n) is 7.15. The molecule has 0 saturated carbocycles. The minimum Gasteiger partial charge on any atom is -0.410 e. The monoisotopic (exact) mass is 340 g/mol. The van der Waals surface area contributed by atoms with Gasteiger partial charge in [0.05, 0.1) is 4.92 Å². The fraction of sp³-hybridized carbons (Fsp3) is 0.0625. The van der Waals surface area contributed by atoms with Gasteiger partial charge in [0.2, 0.25) is 0 Å². The van der Waals surface area contributed by atoms with Crippen molar-refractivity contribution in [2.45, 2.75) is 6.92 Å². The number of carbonyl (C=O) groups is 1. The molecule has 0 saturated heterocycles. The number of non-ortho nitro benzene ring substituents is 1. The van der Waals surface area contributed by atoms with E-state index in [9.17, 15) is 14.9 Å². The summed E-state index contributed by atoms with van der Waals surface area (Å²) in [5.41, 5.74) is 1.03. The summed E-state index contributed by atoms with van der Waals surface area (Å²) >= 11 is 0. The Bertz CT molecular complexity index is 920. The maximum atomic E-state index is 11.9. The number of nitro groups is 1. The fourth-order valence-electron chi connectivity index (χ4n) is 2.03. The standard InChI is InChI=1S/C16H12N4O5/c1-10-17-15(25-19-10)11-3-2-4-12(9-11)18-16(21)24-14-7-5-13(6-8-14)20(22)23/h2-9H,1H3,(H,18,21). The molecule has 1 aromatic heterocycles. The summed E-state index contributed by atoms with van der Waals surface area (Å²) in [5, 5.41) is 16.9. The Morgan fingerprint density at radius 3 is 2.64 bits per heavy atom. The maximum Gasteiger partial charge on any atom is 0.417 e. The average Bonchev–Trinajstić information content (AvgIpc) is 3.02. The van der Waals surface area contributed by atoms with Crippen LogP contribution in [0, 0.1) is 17.0 Å². The molecule has 9 nitrogen and oxygen atoms in total. The Morgan fingerprint density at radius 2 is 2.00 bits per heavy atom. The van der Waals surface area contributed by atoms with Crippen molar-refractivity contribution in [3.05, 3.63) is 64.5 Å². The third-order valence-corrected chi connectivity index (χ3v) is 3.14. The van der Waals surface area contributed by atoms with E-state index in [2.05, 4.69) is 15.5 Å². The fourth-order valence-corrected chi connectivity index (χ4v) is 2.03. The molecular formula is C16H12N4O5. The van der Waals surface area contributed by atoms with Crippen molar-refractivity contribution in [2.24, 2.45) is 0 Å². The maximum absolute atomic E-state index is 11.9. The van der Waals surface area contributed by atoms with E-state index >= 15 is 0 Å². The molecular weight excluding hydrogens is 328 g/mol. The first-order valence-corrected chi connectivity index (χ1v) is 7.15. The van der Waals surface area contributed by atoms with Crippen molar-refractivity contribution in [1.82, 2.24) is 10.1 Å². The first-order chi connectivity index (χ1) is 12.0. The van der Waals surface area contributed by atoms with E-state index in [-0.39, 0.29) is 11.4 Å². The lowest BCUT2D eigenvalue weighted by molar-refractivity contribution is -0.384. The van der Waals surface area contributed by atoms with Gasteiger partial charge in [-0.05, 0) is 37.3 Å². The predicted molar refractivity (Wildman–Crippen MR) is 87.2 cm³/mol. The molecule has 0 radical (unpaired) electrons. The van der Waals surface area contributed by atoms with Crippen LogP contribution in [-0.4, -0.2) is 21.2 Å². The van der Waals surface area contributed by atoms with Gasteiger partial charge >= 0.3 is 6.09 Å². The summed E-state index contributed by atoms with van der Waals surface area (Å²) in [6.07, 6.45) is -0.729. The molecule has 0 bridgehead atoms. The van der Waals surface area contributed by atoms with E-state index < -0.39 is 11.0 Å². The third kappa shape index (κ3) is 3.96. The molecule has 0 aliphatic heterocycles. The number of rotatable bonds is 4. The van der Waals surface area contributed by atoms with Crippen molar-refractivity contribution < 1.29 is 19.0 Å². The van der Waals surface area contributed by atoms with Gasteiger partial charge in [0, 0.05) is 23.4 Å². The van der Waals surface area contributed by atoms with E-state index in [0.717, 1.165) is 0 Å². The van der Waals surface area contributed by atoms with Gasteiger partial charge in [0.25, 0.3) is 11.6 Å². The molecule has 25 heavy (non-hydrogen) atoms. The minimum absolute atomic E-state index is 0.0877. The van der Waals surface area contributed by atoms with Crippen LogP contribution < -0.4 is 10.1 Å². The lowest BCUT2D eigenvalue weighted by atomic mass is 10.2. The SMILES string of the molecule is Cc1noc(-c2cccc(NC(=O)Oc3ccc([N+](=O)[O-])cc3)c2)n1. The largest absolute Gasteiger partial charge is 0.417 e. The summed E-state index contributed by atoms with van der Waals surface area (Å²) in [6, 6.07) is 12.0. The van der Waals surface area contributed by atoms with Crippen LogP contribution >= 0.6 is 0 Å². The smallest absolute Gasteiger partial charge is 0.410 e. The van der Waals surface area contributed by atoms with Gasteiger partial charge < -0.3 is 9.26 Å². The van der Waals surface area contributed by atoms with Crippen molar-refractivity contribution in [3.8, 4) is 17.2 Å². The number of benzene rings is 2. The Balaban J connectivity index is 1.67. The van der Waals surface area contributed by atoms with Crippen LogP contribution in [0.4, 0.5) is 16.2 Å². The molecule has 0 aliphatic carbocycles. The number of anilines is 1. The number of ether oxygens (including phenoxy) is 1. The molecule has 0 spiro atoms. The summed E-state index contributed by atoms with van der Waals surface area (Å²) in [6.45, 7) is 1.71. The van der Waals surface area contributed by atoms with Gasteiger partial charge in [-0.3, -0.25) is 15.4 Å². The summed E-state index contributed by atoms with van der Waals surface area (Å²) in [5.74, 6) is 1.03. The van der Waals surface area contributed by atoms with E-state index in [0.29, 0.717) is 23.0 Å². The molecule has 1 amide bonds. The highest BCUT2D eigenvalue weighted by molar-refractivity contribution is 5.87. The highest BCUT2D eigenvalue weighted by atomic mass is 16.6. The second kappa shape index (κ2) is 6.79. The highest BCUT2D eigenvalue weighted by Gasteiger charge is 2.11. The van der Waals surface area contributed by atoms with Crippen LogP contribution in [0.5, 0.6) is 5.75 Å². The second-order valence-corrected chi connectivity index (χ2v) is 4.99. The molecule has 0 unspecified atom stereocenters. The quantitative estimate of drug-likeness (QED) is 0.569. The molecule has 0 fully saturated rings. The summed E-state index contributed by atoms with van der Waals surface area (Å²) < 4.78 is 10.2. The number of nitro benzene ring substituents is 1. The van der Waals surface area contributed by atoms with Crippen LogP contribution in [0.15, 0.2) is 53.1 Å². The average molecular weight is 340 g/mol. The third-order valence-electron chi connectivity index (χ3n) is 3.14. The number of amides is 1. The Kier molecular flexibility index (Phi) is 4.38. The van der Waals surface area contributed by atoms with Crippen LogP contribution in [0.2, 0.25) is 0 Å². The van der Waals surface area contributed by atoms with Crippen LogP contribution in [0.25, 0.3) is 11.5 Å². The molecule has 1 heterocycles. The minimum atomic E-state index is -0.729. The van der Waals surface area contributed by atoms with Gasteiger partial charge in [0.15, 0.2) is 5.82 Å². The van der Waals surface area contributed by atoms with Gasteiger partial charge in [-0.15, -0.1) is 0 Å². The number of aryl methyl sites for hydroxylation is 1. The van der Waals surface area contributed by atoms with Crippen LogP contribution in [0.1, 0.15) is 5.82 Å². The van der Waals surface area contributed by atoms with E-state index in [4.69, 9.17) is 9.26 Å². The number of nitrogens with one attached hydrogen (secondary N) is 1. The molecule has 0 atom stereocenters. The van der Waals surface area contributed by atoms with Crippen molar-refractivity contribution in [3.63, 3.8) is 0 Å². The van der Waals surface area contributed by atoms with E-state index in [1.54, 1.807) is 31.2 Å². The molecule has 2 aromatic carbocycles. The number of nitrogens with zero attached hydrogens (tertiary/aromatic N) is 3. The molecule has 126 valence electrons. The van der Waals surface area contributed by atoms with Crippen molar-refractivity contribution in [1.29, 1.82) is 0 Å². The number of carbonyl (C=O) groups excluding carboxylic acids is 1. The zero-order valence-electron chi connectivity index (χ0n) is 13.0. The molecule has 3 rings (SSSR count). The molecule has 1 N–H and O–H groups in total. The van der Waals surface area contributed by atoms with Gasteiger partial charge in [-0.1, -0.05) is 11.2 Å².